The van der Waals surface area contributed by atoms with Crippen molar-refractivity contribution in [3.63, 3.8) is 0 Å². The highest BCUT2D eigenvalue weighted by atomic mass is 16.5. The van der Waals surface area contributed by atoms with E-state index in [0.29, 0.717) is 12.0 Å². The fourth-order valence-corrected chi connectivity index (χ4v) is 3.09. The molecule has 1 aliphatic heterocycles. The van der Waals surface area contributed by atoms with Crippen LogP contribution in [0, 0.1) is 0 Å². The Hall–Kier alpha value is -2.34. The van der Waals surface area contributed by atoms with Gasteiger partial charge in [-0.3, -0.25) is 14.9 Å². The molecule has 0 saturated carbocycles. The lowest BCUT2D eigenvalue weighted by Crippen LogP contribution is -2.39. The highest BCUT2D eigenvalue weighted by molar-refractivity contribution is 6.08. The van der Waals surface area contributed by atoms with Crippen LogP contribution in [0.5, 0.6) is 5.75 Å². The maximum absolute atomic E-state index is 12.4. The van der Waals surface area contributed by atoms with Gasteiger partial charge >= 0.3 is 6.03 Å². The number of carbonyl (C=O) groups is 2. The van der Waals surface area contributed by atoms with Crippen LogP contribution in [0.3, 0.4) is 0 Å². The van der Waals surface area contributed by atoms with Crippen LogP contribution in [0.4, 0.5) is 4.79 Å². The maximum Gasteiger partial charge on any atom is 0.348 e. The average molecular weight is 360 g/mol. The molecule has 1 aliphatic rings. The smallest absolute Gasteiger partial charge is 0.348 e. The van der Waals surface area contributed by atoms with E-state index in [-0.39, 0.29) is 23.1 Å². The lowest BCUT2D eigenvalue weighted by atomic mass is 9.78. The van der Waals surface area contributed by atoms with Crippen LogP contribution in [-0.2, 0) is 15.6 Å². The summed E-state index contributed by atoms with van der Waals surface area (Å²) < 4.78 is 0. The zero-order chi connectivity index (χ0) is 19.9. The molecule has 6 nitrogen and oxygen atoms in total. The fourth-order valence-electron chi connectivity index (χ4n) is 3.09. The number of carbonyl (C=O) groups excluding carboxylic acids is 2. The van der Waals surface area contributed by atoms with E-state index in [9.17, 15) is 14.7 Å². The van der Waals surface area contributed by atoms with Crippen LogP contribution in [0.15, 0.2) is 17.7 Å². The molecule has 0 bridgehead atoms. The summed E-state index contributed by atoms with van der Waals surface area (Å²) in [5.74, 6) is -0.134. The number of likely N-dealkylation sites (tertiary alicyclic amines) is 1. The van der Waals surface area contributed by atoms with E-state index in [1.165, 1.54) is 5.48 Å². The standard InChI is InChI=1S/C20H28N2O4/c1-19(2,3)14-10-12(11-15(16(14)23)20(4,5)6)9-13-7-8-22(17(13)24)18(25)21-26/h9-11,23,26H,7-8H2,1-6H3,(H,21,25). The monoisotopic (exact) mass is 360 g/mol. The molecule has 0 aliphatic carbocycles. The van der Waals surface area contributed by atoms with Crippen LogP contribution < -0.4 is 5.48 Å². The summed E-state index contributed by atoms with van der Waals surface area (Å²) >= 11 is 0. The summed E-state index contributed by atoms with van der Waals surface area (Å²) in [5, 5.41) is 19.5. The van der Waals surface area contributed by atoms with Gasteiger partial charge in [0.15, 0.2) is 0 Å². The molecule has 6 heteroatoms. The number of hydrogen-bond acceptors (Lipinski definition) is 4. The maximum atomic E-state index is 12.4. The van der Waals surface area contributed by atoms with Crippen molar-refractivity contribution in [1.82, 2.24) is 10.4 Å². The molecule has 0 unspecified atom stereocenters. The van der Waals surface area contributed by atoms with Crippen molar-refractivity contribution in [3.05, 3.63) is 34.4 Å². The number of imide groups is 1. The topological polar surface area (TPSA) is 89.9 Å². The number of nitrogens with one attached hydrogen (secondary N) is 1. The number of rotatable bonds is 1. The summed E-state index contributed by atoms with van der Waals surface area (Å²) in [6.45, 7) is 12.4. The number of aromatic hydroxyl groups is 1. The van der Waals surface area contributed by atoms with Gasteiger partial charge < -0.3 is 5.11 Å². The Morgan fingerprint density at radius 3 is 2.04 bits per heavy atom. The Balaban J connectivity index is 2.54. The first-order chi connectivity index (χ1) is 11.9. The number of nitrogens with zero attached hydrogens (tertiary/aromatic N) is 1. The van der Waals surface area contributed by atoms with E-state index in [2.05, 4.69) is 0 Å². The van der Waals surface area contributed by atoms with E-state index in [1.54, 1.807) is 6.08 Å². The van der Waals surface area contributed by atoms with Crippen molar-refractivity contribution in [2.75, 3.05) is 6.54 Å². The lowest BCUT2D eigenvalue weighted by molar-refractivity contribution is -0.122. The minimum atomic E-state index is -0.824. The second-order valence-corrected chi connectivity index (χ2v) is 8.76. The van der Waals surface area contributed by atoms with Crippen LogP contribution in [0.25, 0.3) is 6.08 Å². The molecular weight excluding hydrogens is 332 g/mol. The third kappa shape index (κ3) is 3.90. The quantitative estimate of drug-likeness (QED) is 0.405. The number of amides is 3. The van der Waals surface area contributed by atoms with Gasteiger partial charge in [0.05, 0.1) is 0 Å². The summed E-state index contributed by atoms with van der Waals surface area (Å²) in [5.41, 5.74) is 3.90. The van der Waals surface area contributed by atoms with Crippen molar-refractivity contribution in [1.29, 1.82) is 0 Å². The van der Waals surface area contributed by atoms with E-state index < -0.39 is 11.9 Å². The Bertz CT molecular complexity index is 732. The number of phenolic OH excluding ortho intramolecular Hbond substituents is 1. The Morgan fingerprint density at radius 2 is 1.62 bits per heavy atom. The molecule has 142 valence electrons. The first-order valence-corrected chi connectivity index (χ1v) is 8.70. The molecular formula is C20H28N2O4. The largest absolute Gasteiger partial charge is 0.507 e. The number of phenols is 1. The highest BCUT2D eigenvalue weighted by Crippen LogP contribution is 2.40. The number of urea groups is 1. The van der Waals surface area contributed by atoms with Gasteiger partial charge in [-0.25, -0.2) is 10.3 Å². The Labute approximate surface area is 154 Å². The molecule has 1 heterocycles. The van der Waals surface area contributed by atoms with Crippen molar-refractivity contribution in [2.45, 2.75) is 58.8 Å². The van der Waals surface area contributed by atoms with E-state index in [1.807, 2.05) is 53.7 Å². The summed E-state index contributed by atoms with van der Waals surface area (Å²) in [7, 11) is 0. The molecule has 2 rings (SSSR count). The molecule has 0 spiro atoms. The zero-order valence-corrected chi connectivity index (χ0v) is 16.3. The third-order valence-electron chi connectivity index (χ3n) is 4.55. The molecule has 1 fully saturated rings. The predicted molar refractivity (Wildman–Crippen MR) is 100 cm³/mol. The predicted octanol–water partition coefficient (Wildman–Crippen LogP) is 3.70. The van der Waals surface area contributed by atoms with Gasteiger partial charge in [-0.1, -0.05) is 41.5 Å². The van der Waals surface area contributed by atoms with E-state index in [0.717, 1.165) is 21.6 Å². The summed E-state index contributed by atoms with van der Waals surface area (Å²) in [6.07, 6.45) is 2.18. The normalized spacial score (nSPS) is 17.1. The van der Waals surface area contributed by atoms with Gasteiger partial charge in [0, 0.05) is 23.2 Å². The lowest BCUT2D eigenvalue weighted by Gasteiger charge is -2.28. The molecule has 3 amide bonds. The Morgan fingerprint density at radius 1 is 1.12 bits per heavy atom. The molecule has 0 radical (unpaired) electrons. The van der Waals surface area contributed by atoms with Gasteiger partial charge in [0.25, 0.3) is 5.91 Å². The van der Waals surface area contributed by atoms with Crippen molar-refractivity contribution >= 4 is 18.0 Å². The average Bonchev–Trinajstić information content (AvgIpc) is 2.87. The molecule has 1 saturated heterocycles. The van der Waals surface area contributed by atoms with E-state index in [4.69, 9.17) is 5.21 Å². The summed E-state index contributed by atoms with van der Waals surface area (Å²) in [6, 6.07) is 2.95. The van der Waals surface area contributed by atoms with Gasteiger partial charge in [0.2, 0.25) is 0 Å². The molecule has 26 heavy (non-hydrogen) atoms. The van der Waals surface area contributed by atoms with Crippen molar-refractivity contribution < 1.29 is 19.9 Å². The highest BCUT2D eigenvalue weighted by Gasteiger charge is 2.31. The van der Waals surface area contributed by atoms with Crippen LogP contribution in [-0.4, -0.2) is 33.7 Å². The molecule has 3 N–H and O–H groups in total. The van der Waals surface area contributed by atoms with Gasteiger partial charge in [-0.15, -0.1) is 0 Å². The minimum Gasteiger partial charge on any atom is -0.507 e. The zero-order valence-electron chi connectivity index (χ0n) is 16.3. The van der Waals surface area contributed by atoms with E-state index >= 15 is 0 Å². The van der Waals surface area contributed by atoms with Gasteiger partial charge in [-0.2, -0.15) is 0 Å². The van der Waals surface area contributed by atoms with Crippen LogP contribution >= 0.6 is 0 Å². The van der Waals surface area contributed by atoms with Crippen molar-refractivity contribution in [3.8, 4) is 5.75 Å². The Kier molecular flexibility index (Phi) is 5.19. The van der Waals surface area contributed by atoms with Gasteiger partial charge in [0.1, 0.15) is 5.75 Å². The molecule has 0 aromatic heterocycles. The molecule has 1 aromatic carbocycles. The minimum absolute atomic E-state index is 0.230. The summed E-state index contributed by atoms with van der Waals surface area (Å²) in [4.78, 5) is 24.9. The van der Waals surface area contributed by atoms with Crippen molar-refractivity contribution in [2.24, 2.45) is 0 Å². The van der Waals surface area contributed by atoms with Crippen LogP contribution in [0.2, 0.25) is 0 Å². The second kappa shape index (κ2) is 6.76. The second-order valence-electron chi connectivity index (χ2n) is 8.76. The first kappa shape index (κ1) is 20.0. The number of benzene rings is 1. The molecule has 1 aromatic rings. The van der Waals surface area contributed by atoms with Crippen LogP contribution in [0.1, 0.15) is 64.7 Å². The fraction of sp³-hybridized carbons (Fsp3) is 0.500. The SMILES string of the molecule is CC(C)(C)c1cc(C=C2CCN(C(=O)NO)C2=O)cc(C(C)(C)C)c1O. The molecule has 0 atom stereocenters. The number of hydrogen-bond donors (Lipinski definition) is 3. The number of hydroxylamine groups is 1. The third-order valence-corrected chi connectivity index (χ3v) is 4.55. The van der Waals surface area contributed by atoms with Gasteiger partial charge in [-0.05, 0) is 41.0 Å². The first-order valence-electron chi connectivity index (χ1n) is 8.70.